The maximum absolute atomic E-state index is 12.2. The van der Waals surface area contributed by atoms with Crippen LogP contribution < -0.4 is 5.32 Å². The Labute approximate surface area is 199 Å². The number of hydrogen-bond acceptors (Lipinski definition) is 5. The summed E-state index contributed by atoms with van der Waals surface area (Å²) in [7, 11) is 0. The van der Waals surface area contributed by atoms with Gasteiger partial charge in [-0.05, 0) is 35.2 Å². The van der Waals surface area contributed by atoms with E-state index in [1.165, 1.54) is 11.1 Å². The van der Waals surface area contributed by atoms with Crippen molar-refractivity contribution in [2.45, 2.75) is 31.7 Å². The van der Waals surface area contributed by atoms with Gasteiger partial charge in [0, 0.05) is 12.7 Å². The molecule has 0 radical (unpaired) electrons. The average molecular weight is 491 g/mol. The van der Waals surface area contributed by atoms with Crippen molar-refractivity contribution in [2.24, 2.45) is 0 Å². The zero-order valence-electron chi connectivity index (χ0n) is 18.5. The topological polar surface area (TPSA) is 114 Å². The minimum absolute atomic E-state index is 0.0786. The number of nitrogens with zero attached hydrogens (tertiary/aromatic N) is 2. The van der Waals surface area contributed by atoms with Gasteiger partial charge < -0.3 is 20.3 Å². The Kier molecular flexibility index (Phi) is 8.48. The smallest absolute Gasteiger partial charge is 0.490 e. The number of carbonyl (C=O) groups excluding carboxylic acids is 1. The number of hydrogen-bond donors (Lipinski definition) is 3. The van der Waals surface area contributed by atoms with Gasteiger partial charge in [-0.25, -0.2) is 4.79 Å². The van der Waals surface area contributed by atoms with Crippen molar-refractivity contribution in [1.82, 2.24) is 15.1 Å². The number of aromatic hydroxyl groups is 1. The number of nitrogens with one attached hydrogen (secondary N) is 1. The molecule has 2 heterocycles. The van der Waals surface area contributed by atoms with Gasteiger partial charge in [0.1, 0.15) is 11.9 Å². The van der Waals surface area contributed by atoms with E-state index in [1.807, 2.05) is 22.9 Å². The SMILES string of the molecule is O=C(Cc1ccc(O)cc1)NCC1OCCc2cn(Cc3ccccc3)nc21.O=C(O)C(F)(F)F. The second-order valence-electron chi connectivity index (χ2n) is 7.78. The monoisotopic (exact) mass is 491 g/mol. The number of fused-ring (bicyclic) bond motifs is 1. The summed E-state index contributed by atoms with van der Waals surface area (Å²) >= 11 is 0. The fraction of sp³-hybridized carbons (Fsp3) is 0.292. The van der Waals surface area contributed by atoms with Crippen LogP contribution in [0.4, 0.5) is 13.2 Å². The van der Waals surface area contributed by atoms with E-state index in [0.29, 0.717) is 19.7 Å². The first-order valence-electron chi connectivity index (χ1n) is 10.7. The van der Waals surface area contributed by atoms with Crippen LogP contribution in [0.2, 0.25) is 0 Å². The first kappa shape index (κ1) is 25.8. The molecule has 1 atom stereocenters. The van der Waals surface area contributed by atoms with Gasteiger partial charge in [-0.1, -0.05) is 42.5 Å². The van der Waals surface area contributed by atoms with Gasteiger partial charge in [0.2, 0.25) is 5.91 Å². The van der Waals surface area contributed by atoms with Crippen molar-refractivity contribution in [1.29, 1.82) is 0 Å². The van der Waals surface area contributed by atoms with Crippen molar-refractivity contribution >= 4 is 11.9 Å². The fourth-order valence-electron chi connectivity index (χ4n) is 3.41. The molecule has 0 bridgehead atoms. The Bertz CT molecular complexity index is 1130. The summed E-state index contributed by atoms with van der Waals surface area (Å²) in [6.45, 7) is 1.74. The van der Waals surface area contributed by atoms with E-state index < -0.39 is 12.1 Å². The van der Waals surface area contributed by atoms with Crippen molar-refractivity contribution in [3.05, 3.63) is 83.2 Å². The normalized spacial score (nSPS) is 14.9. The Morgan fingerprint density at radius 1 is 1.09 bits per heavy atom. The minimum Gasteiger partial charge on any atom is -0.508 e. The van der Waals surface area contributed by atoms with E-state index in [0.717, 1.165) is 17.7 Å². The number of benzene rings is 2. The first-order valence-corrected chi connectivity index (χ1v) is 10.7. The fourth-order valence-corrected chi connectivity index (χ4v) is 3.41. The van der Waals surface area contributed by atoms with Crippen LogP contribution in [0.5, 0.6) is 5.75 Å². The third kappa shape index (κ3) is 7.85. The Hall–Kier alpha value is -3.86. The molecule has 186 valence electrons. The lowest BCUT2D eigenvalue weighted by Crippen LogP contribution is -2.32. The number of rotatable bonds is 6. The van der Waals surface area contributed by atoms with Gasteiger partial charge in [0.05, 0.1) is 25.3 Å². The molecule has 35 heavy (non-hydrogen) atoms. The molecule has 1 unspecified atom stereocenters. The zero-order valence-corrected chi connectivity index (χ0v) is 18.5. The molecule has 2 aromatic carbocycles. The maximum atomic E-state index is 12.2. The molecule has 1 amide bonds. The van der Waals surface area contributed by atoms with Crippen molar-refractivity contribution in [3.63, 3.8) is 0 Å². The number of aromatic nitrogens is 2. The molecule has 3 N–H and O–H groups in total. The van der Waals surface area contributed by atoms with E-state index in [2.05, 4.69) is 23.6 Å². The first-order chi connectivity index (χ1) is 16.6. The van der Waals surface area contributed by atoms with Crippen LogP contribution in [-0.2, 0) is 33.7 Å². The van der Waals surface area contributed by atoms with Gasteiger partial charge in [-0.2, -0.15) is 18.3 Å². The van der Waals surface area contributed by atoms with Crippen LogP contribution in [0.1, 0.15) is 28.5 Å². The average Bonchev–Trinajstić information content (AvgIpc) is 3.22. The van der Waals surface area contributed by atoms with Gasteiger partial charge >= 0.3 is 12.1 Å². The highest BCUT2D eigenvalue weighted by Gasteiger charge is 2.38. The molecule has 0 aliphatic carbocycles. The number of carboxylic acids is 1. The van der Waals surface area contributed by atoms with Crippen molar-refractivity contribution < 1.29 is 37.7 Å². The number of amides is 1. The highest BCUT2D eigenvalue weighted by atomic mass is 19.4. The Morgan fingerprint density at radius 3 is 2.37 bits per heavy atom. The number of carboxylic acid groups (broad SMARTS) is 1. The van der Waals surface area contributed by atoms with E-state index in [4.69, 9.17) is 19.7 Å². The number of ether oxygens (including phenoxy) is 1. The quantitative estimate of drug-likeness (QED) is 0.488. The lowest BCUT2D eigenvalue weighted by atomic mass is 10.1. The second kappa shape index (κ2) is 11.5. The summed E-state index contributed by atoms with van der Waals surface area (Å²) < 4.78 is 39.5. The van der Waals surface area contributed by atoms with E-state index in [9.17, 15) is 23.1 Å². The third-order valence-corrected chi connectivity index (χ3v) is 5.08. The number of carbonyl (C=O) groups is 2. The molecule has 8 nitrogen and oxygen atoms in total. The Balaban J connectivity index is 0.000000429. The number of alkyl halides is 3. The number of phenols is 1. The second-order valence-corrected chi connectivity index (χ2v) is 7.78. The van der Waals surface area contributed by atoms with Crippen LogP contribution in [-0.4, -0.2) is 51.2 Å². The Morgan fingerprint density at radius 2 is 1.74 bits per heavy atom. The van der Waals surface area contributed by atoms with Crippen LogP contribution in [0.25, 0.3) is 0 Å². The summed E-state index contributed by atoms with van der Waals surface area (Å²) in [6, 6.07) is 16.9. The van der Waals surface area contributed by atoms with Gasteiger partial charge in [-0.15, -0.1) is 0 Å². The summed E-state index contributed by atoms with van der Waals surface area (Å²) in [5.41, 5.74) is 4.14. The molecule has 0 fully saturated rings. The van der Waals surface area contributed by atoms with Crippen molar-refractivity contribution in [2.75, 3.05) is 13.2 Å². The molecular weight excluding hydrogens is 467 g/mol. The third-order valence-electron chi connectivity index (χ3n) is 5.08. The maximum Gasteiger partial charge on any atom is 0.490 e. The molecule has 3 aromatic rings. The van der Waals surface area contributed by atoms with Crippen molar-refractivity contribution in [3.8, 4) is 5.75 Å². The van der Waals surface area contributed by atoms with E-state index in [-0.39, 0.29) is 24.2 Å². The highest BCUT2D eigenvalue weighted by molar-refractivity contribution is 5.78. The molecular formula is C24H24F3N3O5. The number of aliphatic carboxylic acids is 1. The van der Waals surface area contributed by atoms with Gasteiger partial charge in [0.15, 0.2) is 0 Å². The number of phenolic OH excluding ortho intramolecular Hbond substituents is 1. The molecule has 1 aliphatic heterocycles. The molecule has 4 rings (SSSR count). The lowest BCUT2D eigenvalue weighted by Gasteiger charge is -2.22. The molecule has 11 heteroatoms. The molecule has 1 aliphatic rings. The largest absolute Gasteiger partial charge is 0.508 e. The summed E-state index contributed by atoms with van der Waals surface area (Å²) in [5.74, 6) is -2.64. The van der Waals surface area contributed by atoms with E-state index in [1.54, 1.807) is 24.3 Å². The molecule has 0 saturated carbocycles. The van der Waals surface area contributed by atoms with Crippen LogP contribution in [0, 0.1) is 0 Å². The summed E-state index contributed by atoms with van der Waals surface area (Å²) in [5, 5.41) is 24.1. The van der Waals surface area contributed by atoms with Gasteiger partial charge in [0.25, 0.3) is 0 Å². The van der Waals surface area contributed by atoms with Crippen LogP contribution in [0.3, 0.4) is 0 Å². The van der Waals surface area contributed by atoms with Crippen LogP contribution >= 0.6 is 0 Å². The lowest BCUT2D eigenvalue weighted by molar-refractivity contribution is -0.192. The van der Waals surface area contributed by atoms with Crippen LogP contribution in [0.15, 0.2) is 60.8 Å². The predicted molar refractivity (Wildman–Crippen MR) is 119 cm³/mol. The standard InChI is InChI=1S/C22H23N3O3.C2HF3O2/c26-19-8-6-16(7-9-19)12-21(27)23-13-20-22-18(10-11-28-20)15-25(24-22)14-17-4-2-1-3-5-17;3-2(4,5)1(6)7/h1-9,15,20,26H,10-14H2,(H,23,27);(H,6,7). The zero-order chi connectivity index (χ0) is 25.4. The predicted octanol–water partition coefficient (Wildman–Crippen LogP) is 3.24. The number of halogens is 3. The summed E-state index contributed by atoms with van der Waals surface area (Å²) in [4.78, 5) is 21.1. The summed E-state index contributed by atoms with van der Waals surface area (Å²) in [6.07, 6.45) is -2.13. The van der Waals surface area contributed by atoms with E-state index >= 15 is 0 Å². The highest BCUT2D eigenvalue weighted by Crippen LogP contribution is 2.25. The molecule has 1 aromatic heterocycles. The molecule has 0 spiro atoms. The minimum atomic E-state index is -5.08. The van der Waals surface area contributed by atoms with Gasteiger partial charge in [-0.3, -0.25) is 9.48 Å². The molecule has 0 saturated heterocycles.